The van der Waals surface area contributed by atoms with E-state index in [1.165, 1.54) is 17.5 Å². The van der Waals surface area contributed by atoms with Crippen LogP contribution < -0.4 is 4.90 Å². The molecule has 3 rings (SSSR count). The summed E-state index contributed by atoms with van der Waals surface area (Å²) in [5, 5.41) is 11.0. The molecular weight excluding hydrogens is 307 g/mol. The van der Waals surface area contributed by atoms with Crippen molar-refractivity contribution in [1.29, 1.82) is 0 Å². The topological polar surface area (TPSA) is 62.1 Å². The van der Waals surface area contributed by atoms with Crippen molar-refractivity contribution in [3.63, 3.8) is 0 Å². The summed E-state index contributed by atoms with van der Waals surface area (Å²) >= 11 is 13.3. The van der Waals surface area contributed by atoms with Gasteiger partial charge in [-0.3, -0.25) is 0 Å². The molecule has 0 saturated carbocycles. The number of aromatic nitrogens is 3. The van der Waals surface area contributed by atoms with Gasteiger partial charge >= 0.3 is 0 Å². The predicted octanol–water partition coefficient (Wildman–Crippen LogP) is 2.48. The molecule has 1 saturated heterocycles. The zero-order valence-electron chi connectivity index (χ0n) is 9.75. The van der Waals surface area contributed by atoms with E-state index in [9.17, 15) is 5.11 Å². The van der Waals surface area contributed by atoms with Crippen LogP contribution in [0, 0.1) is 0 Å². The molecule has 1 aliphatic rings. The summed E-state index contributed by atoms with van der Waals surface area (Å²) in [4.78, 5) is 15.2. The average Bonchev–Trinajstić information content (AvgIpc) is 3.00. The van der Waals surface area contributed by atoms with Crippen molar-refractivity contribution in [2.75, 3.05) is 18.0 Å². The highest BCUT2D eigenvalue weighted by Crippen LogP contribution is 2.35. The fourth-order valence-corrected chi connectivity index (χ4v) is 3.29. The second kappa shape index (κ2) is 5.20. The Morgan fingerprint density at radius 2 is 2.16 bits per heavy atom. The number of anilines is 1. The molecule has 1 atom stereocenters. The van der Waals surface area contributed by atoms with E-state index in [1.807, 2.05) is 0 Å². The van der Waals surface area contributed by atoms with Gasteiger partial charge in [-0.25, -0.2) is 15.0 Å². The molecule has 0 aromatic carbocycles. The molecule has 0 amide bonds. The minimum Gasteiger partial charge on any atom is -0.391 e. The molecule has 0 radical (unpaired) electrons. The van der Waals surface area contributed by atoms with E-state index in [0.29, 0.717) is 17.3 Å². The van der Waals surface area contributed by atoms with Gasteiger partial charge in [-0.1, -0.05) is 22.9 Å². The van der Waals surface area contributed by atoms with Gasteiger partial charge in [0.25, 0.3) is 0 Å². The monoisotopic (exact) mass is 316 g/mol. The van der Waals surface area contributed by atoms with Crippen LogP contribution in [0.4, 0.5) is 5.13 Å². The lowest BCUT2D eigenvalue weighted by Gasteiger charge is -2.12. The van der Waals surface area contributed by atoms with Gasteiger partial charge in [-0.2, -0.15) is 0 Å². The van der Waals surface area contributed by atoms with Crippen molar-refractivity contribution in [2.45, 2.75) is 12.5 Å². The number of nitrogens with zero attached hydrogens (tertiary/aromatic N) is 4. The van der Waals surface area contributed by atoms with Crippen molar-refractivity contribution >= 4 is 39.7 Å². The first-order valence-electron chi connectivity index (χ1n) is 5.71. The summed E-state index contributed by atoms with van der Waals surface area (Å²) in [5.41, 5.74) is 0.588. The number of aliphatic hydroxyl groups excluding tert-OH is 1. The number of β-amino-alcohol motifs (C(OH)–C–C–N with tert-alkyl or cyclic N) is 1. The Morgan fingerprint density at radius 1 is 1.32 bits per heavy atom. The lowest BCUT2D eigenvalue weighted by molar-refractivity contribution is 0.198. The van der Waals surface area contributed by atoms with E-state index >= 15 is 0 Å². The number of thiazole rings is 1. The maximum Gasteiger partial charge on any atom is 0.223 e. The first-order valence-corrected chi connectivity index (χ1v) is 7.28. The highest BCUT2D eigenvalue weighted by Gasteiger charge is 2.23. The third kappa shape index (κ3) is 2.67. The zero-order valence-corrected chi connectivity index (χ0v) is 12.1. The van der Waals surface area contributed by atoms with Gasteiger partial charge < -0.3 is 10.0 Å². The zero-order chi connectivity index (χ0) is 13.4. The summed E-state index contributed by atoms with van der Waals surface area (Å²) in [5.74, 6) is 0. The SMILES string of the molecule is OC1CCN(c2ncc(-c3nc(Cl)ncc3Cl)s2)C1. The van der Waals surface area contributed by atoms with Gasteiger partial charge in [0, 0.05) is 19.3 Å². The minimum absolute atomic E-state index is 0.158. The normalized spacial score (nSPS) is 19.1. The smallest absolute Gasteiger partial charge is 0.223 e. The minimum atomic E-state index is -0.274. The van der Waals surface area contributed by atoms with E-state index in [2.05, 4.69) is 19.9 Å². The molecule has 0 bridgehead atoms. The van der Waals surface area contributed by atoms with Crippen LogP contribution in [0.2, 0.25) is 10.3 Å². The molecule has 0 aliphatic carbocycles. The van der Waals surface area contributed by atoms with E-state index in [1.54, 1.807) is 6.20 Å². The van der Waals surface area contributed by atoms with Crippen molar-refractivity contribution in [2.24, 2.45) is 0 Å². The van der Waals surface area contributed by atoms with Gasteiger partial charge in [-0.05, 0) is 18.0 Å². The first-order chi connectivity index (χ1) is 9.13. The van der Waals surface area contributed by atoms with Crippen molar-refractivity contribution in [3.05, 3.63) is 22.7 Å². The van der Waals surface area contributed by atoms with E-state index in [-0.39, 0.29) is 11.4 Å². The van der Waals surface area contributed by atoms with Gasteiger partial charge in [0.05, 0.1) is 22.2 Å². The number of aliphatic hydroxyl groups is 1. The molecule has 1 fully saturated rings. The van der Waals surface area contributed by atoms with Crippen LogP contribution in [0.1, 0.15) is 6.42 Å². The average molecular weight is 317 g/mol. The molecule has 1 unspecified atom stereocenters. The Labute approximate surface area is 123 Å². The maximum absolute atomic E-state index is 9.54. The number of hydrogen-bond acceptors (Lipinski definition) is 6. The molecule has 2 aromatic rings. The highest BCUT2D eigenvalue weighted by molar-refractivity contribution is 7.18. The molecule has 3 heterocycles. The molecule has 0 spiro atoms. The summed E-state index contributed by atoms with van der Waals surface area (Å²) < 4.78 is 0. The molecule has 8 heteroatoms. The highest BCUT2D eigenvalue weighted by atomic mass is 35.5. The maximum atomic E-state index is 9.54. The quantitative estimate of drug-likeness (QED) is 0.862. The number of halogens is 2. The lowest BCUT2D eigenvalue weighted by atomic mass is 10.3. The summed E-state index contributed by atoms with van der Waals surface area (Å²) in [7, 11) is 0. The van der Waals surface area contributed by atoms with Crippen LogP contribution in [0.5, 0.6) is 0 Å². The standard InChI is InChI=1S/C11H10Cl2N4OS/c12-7-3-14-10(13)16-9(7)8-4-15-11(19-8)17-2-1-6(18)5-17/h3-4,6,18H,1-2,5H2. The third-order valence-electron chi connectivity index (χ3n) is 2.88. The summed E-state index contributed by atoms with van der Waals surface area (Å²) in [6, 6.07) is 0. The molecule has 1 N–H and O–H groups in total. The predicted molar refractivity (Wildman–Crippen MR) is 76.0 cm³/mol. The van der Waals surface area contributed by atoms with E-state index in [0.717, 1.165) is 23.0 Å². The fourth-order valence-electron chi connectivity index (χ4n) is 1.95. The molecule has 19 heavy (non-hydrogen) atoms. The summed E-state index contributed by atoms with van der Waals surface area (Å²) in [6.07, 6.45) is 3.69. The van der Waals surface area contributed by atoms with Crippen LogP contribution in [-0.2, 0) is 0 Å². The van der Waals surface area contributed by atoms with E-state index in [4.69, 9.17) is 23.2 Å². The van der Waals surface area contributed by atoms with Gasteiger partial charge in [0.1, 0.15) is 5.69 Å². The van der Waals surface area contributed by atoms with Crippen LogP contribution in [0.3, 0.4) is 0 Å². The van der Waals surface area contributed by atoms with Crippen LogP contribution in [-0.4, -0.2) is 39.3 Å². The fraction of sp³-hybridized carbons (Fsp3) is 0.364. The van der Waals surface area contributed by atoms with Crippen LogP contribution in [0.25, 0.3) is 10.6 Å². The Kier molecular flexibility index (Phi) is 3.58. The van der Waals surface area contributed by atoms with E-state index < -0.39 is 0 Å². The molecule has 2 aromatic heterocycles. The second-order valence-electron chi connectivity index (χ2n) is 4.23. The molecule has 100 valence electrons. The largest absolute Gasteiger partial charge is 0.391 e. The third-order valence-corrected chi connectivity index (χ3v) is 4.40. The van der Waals surface area contributed by atoms with Crippen molar-refractivity contribution in [1.82, 2.24) is 15.0 Å². The van der Waals surface area contributed by atoms with Crippen molar-refractivity contribution < 1.29 is 5.11 Å². The Bertz CT molecular complexity index is 606. The lowest BCUT2D eigenvalue weighted by Crippen LogP contribution is -2.20. The van der Waals surface area contributed by atoms with Gasteiger partial charge in [0.2, 0.25) is 5.28 Å². The first kappa shape index (κ1) is 13.1. The van der Waals surface area contributed by atoms with Gasteiger partial charge in [0.15, 0.2) is 5.13 Å². The van der Waals surface area contributed by atoms with Crippen LogP contribution >= 0.6 is 34.5 Å². The number of hydrogen-bond donors (Lipinski definition) is 1. The van der Waals surface area contributed by atoms with Crippen LogP contribution in [0.15, 0.2) is 12.4 Å². The molecule has 5 nitrogen and oxygen atoms in total. The number of rotatable bonds is 2. The Hall–Kier alpha value is -0.950. The Morgan fingerprint density at radius 3 is 2.89 bits per heavy atom. The summed E-state index contributed by atoms with van der Waals surface area (Å²) in [6.45, 7) is 1.43. The Balaban J connectivity index is 1.90. The molecular formula is C11H10Cl2N4OS. The van der Waals surface area contributed by atoms with Crippen molar-refractivity contribution in [3.8, 4) is 10.6 Å². The van der Waals surface area contributed by atoms with Gasteiger partial charge in [-0.15, -0.1) is 0 Å². The second-order valence-corrected chi connectivity index (χ2v) is 5.99. The molecule has 1 aliphatic heterocycles.